The number of fused-ring (bicyclic) bond motifs is 1. The van der Waals surface area contributed by atoms with Crippen LogP contribution in [0.5, 0.6) is 0 Å². The van der Waals surface area contributed by atoms with E-state index < -0.39 is 17.4 Å². The van der Waals surface area contributed by atoms with Gasteiger partial charge in [0.15, 0.2) is 5.79 Å². The number of nitrogens with zero attached hydrogens (tertiary/aromatic N) is 2. The molecule has 2 aliphatic heterocycles. The maximum Gasteiger partial charge on any atom is 0.254 e. The van der Waals surface area contributed by atoms with Gasteiger partial charge in [0.25, 0.3) is 5.91 Å². The van der Waals surface area contributed by atoms with Crippen molar-refractivity contribution in [2.24, 2.45) is 0 Å². The number of carbonyl (C=O) groups is 1. The molecular weight excluding hydrogens is 422 g/mol. The Morgan fingerprint density at radius 1 is 1.03 bits per heavy atom. The van der Waals surface area contributed by atoms with E-state index in [1.165, 1.54) is 12.1 Å². The maximum absolute atomic E-state index is 14.2. The van der Waals surface area contributed by atoms with Gasteiger partial charge < -0.3 is 14.4 Å². The lowest BCUT2D eigenvalue weighted by molar-refractivity contribution is -0.181. The predicted molar refractivity (Wildman–Crippen MR) is 112 cm³/mol. The van der Waals surface area contributed by atoms with Crippen molar-refractivity contribution in [2.45, 2.75) is 28.6 Å². The van der Waals surface area contributed by atoms with E-state index in [1.807, 2.05) is 24.3 Å². The summed E-state index contributed by atoms with van der Waals surface area (Å²) < 4.78 is 38.9. The van der Waals surface area contributed by atoms with Crippen LogP contribution in [0.2, 0.25) is 0 Å². The second-order valence-corrected chi connectivity index (χ2v) is 8.66. The van der Waals surface area contributed by atoms with Crippen molar-refractivity contribution in [3.8, 4) is 0 Å². The molecule has 160 valence electrons. The van der Waals surface area contributed by atoms with Crippen molar-refractivity contribution in [2.75, 3.05) is 26.3 Å². The van der Waals surface area contributed by atoms with Crippen molar-refractivity contribution in [3.05, 3.63) is 65.7 Å². The van der Waals surface area contributed by atoms with E-state index >= 15 is 0 Å². The SMILES string of the molecule is O=C(c1cc(Sc2ccc(F)cc2F)nc2ccccc12)N1CCC2(CC1)OCCO2. The largest absolute Gasteiger partial charge is 0.347 e. The van der Waals surface area contributed by atoms with Crippen molar-refractivity contribution in [1.29, 1.82) is 0 Å². The number of hydrogen-bond acceptors (Lipinski definition) is 5. The summed E-state index contributed by atoms with van der Waals surface area (Å²) >= 11 is 1.07. The summed E-state index contributed by atoms with van der Waals surface area (Å²) in [4.78, 5) is 20.0. The Balaban J connectivity index is 1.45. The molecule has 0 saturated carbocycles. The van der Waals surface area contributed by atoms with Crippen molar-refractivity contribution >= 4 is 28.6 Å². The number of hydrogen-bond donors (Lipinski definition) is 0. The summed E-state index contributed by atoms with van der Waals surface area (Å²) in [5.74, 6) is -1.96. The van der Waals surface area contributed by atoms with Crippen LogP contribution in [0.15, 0.2) is 58.5 Å². The normalized spacial score (nSPS) is 18.1. The standard InChI is InChI=1S/C23H20F2N2O3S/c24-15-5-6-20(18(25)13-15)31-21-14-17(16-3-1-2-4-19(16)26-21)22(28)27-9-7-23(8-10-27)29-11-12-30-23/h1-6,13-14H,7-12H2. The average Bonchev–Trinajstić information content (AvgIpc) is 3.23. The fraction of sp³-hybridized carbons (Fsp3) is 0.304. The quantitative estimate of drug-likeness (QED) is 0.591. The average molecular weight is 442 g/mol. The van der Waals surface area contributed by atoms with Crippen LogP contribution in [0.25, 0.3) is 10.9 Å². The third-order valence-electron chi connectivity index (χ3n) is 5.66. The first-order chi connectivity index (χ1) is 15.0. The van der Waals surface area contributed by atoms with Gasteiger partial charge in [0.2, 0.25) is 0 Å². The summed E-state index contributed by atoms with van der Waals surface area (Å²) in [5, 5.41) is 1.22. The molecule has 0 aliphatic carbocycles. The first kappa shape index (κ1) is 20.4. The van der Waals surface area contributed by atoms with Gasteiger partial charge in [0.1, 0.15) is 16.7 Å². The van der Waals surface area contributed by atoms with Crippen molar-refractivity contribution in [1.82, 2.24) is 9.88 Å². The van der Waals surface area contributed by atoms with Gasteiger partial charge in [-0.05, 0) is 24.3 Å². The Hall–Kier alpha value is -2.55. The molecule has 8 heteroatoms. The summed E-state index contributed by atoms with van der Waals surface area (Å²) in [5.41, 5.74) is 1.16. The molecule has 5 nitrogen and oxygen atoms in total. The minimum Gasteiger partial charge on any atom is -0.347 e. The van der Waals surface area contributed by atoms with Crippen molar-refractivity contribution < 1.29 is 23.0 Å². The van der Waals surface area contributed by atoms with Crippen LogP contribution < -0.4 is 0 Å². The molecule has 0 N–H and O–H groups in total. The predicted octanol–water partition coefficient (Wildman–Crippen LogP) is 4.64. The van der Waals surface area contributed by atoms with E-state index in [4.69, 9.17) is 9.47 Å². The molecule has 2 fully saturated rings. The van der Waals surface area contributed by atoms with Crippen LogP contribution in [-0.2, 0) is 9.47 Å². The number of aromatic nitrogens is 1. The molecule has 1 amide bonds. The van der Waals surface area contributed by atoms with Gasteiger partial charge in [-0.3, -0.25) is 4.79 Å². The zero-order valence-electron chi connectivity index (χ0n) is 16.6. The highest BCUT2D eigenvalue weighted by Crippen LogP contribution is 2.34. The van der Waals surface area contributed by atoms with Crippen LogP contribution in [-0.4, -0.2) is 47.9 Å². The Morgan fingerprint density at radius 2 is 1.77 bits per heavy atom. The molecule has 2 aromatic carbocycles. The topological polar surface area (TPSA) is 51.7 Å². The molecule has 0 atom stereocenters. The monoisotopic (exact) mass is 442 g/mol. The molecule has 2 saturated heterocycles. The number of piperidine rings is 1. The van der Waals surface area contributed by atoms with Crippen LogP contribution in [0.4, 0.5) is 8.78 Å². The highest BCUT2D eigenvalue weighted by atomic mass is 32.2. The minimum absolute atomic E-state index is 0.104. The van der Waals surface area contributed by atoms with E-state index in [-0.39, 0.29) is 10.8 Å². The summed E-state index contributed by atoms with van der Waals surface area (Å²) in [7, 11) is 0. The molecule has 3 heterocycles. The van der Waals surface area contributed by atoms with Gasteiger partial charge in [-0.25, -0.2) is 13.8 Å². The van der Waals surface area contributed by atoms with Gasteiger partial charge in [-0.15, -0.1) is 0 Å². The number of carbonyl (C=O) groups excluding carboxylic acids is 1. The number of ether oxygens (including phenoxy) is 2. The van der Waals surface area contributed by atoms with Crippen LogP contribution in [0.3, 0.4) is 0 Å². The molecule has 1 spiro atoms. The van der Waals surface area contributed by atoms with Gasteiger partial charge in [0.05, 0.1) is 24.3 Å². The first-order valence-electron chi connectivity index (χ1n) is 10.1. The Morgan fingerprint density at radius 3 is 2.52 bits per heavy atom. The fourth-order valence-electron chi connectivity index (χ4n) is 4.06. The molecule has 31 heavy (non-hydrogen) atoms. The molecule has 3 aromatic rings. The number of para-hydroxylation sites is 1. The lowest BCUT2D eigenvalue weighted by atomic mass is 10.0. The zero-order chi connectivity index (χ0) is 21.4. The lowest BCUT2D eigenvalue weighted by Crippen LogP contribution is -2.47. The van der Waals surface area contributed by atoms with Crippen molar-refractivity contribution in [3.63, 3.8) is 0 Å². The van der Waals surface area contributed by atoms with Crippen LogP contribution in [0.1, 0.15) is 23.2 Å². The van der Waals surface area contributed by atoms with Crippen LogP contribution >= 0.6 is 11.8 Å². The second-order valence-electron chi connectivity index (χ2n) is 7.60. The number of likely N-dealkylation sites (tertiary alicyclic amines) is 1. The van der Waals surface area contributed by atoms with E-state index in [2.05, 4.69) is 4.98 Å². The van der Waals surface area contributed by atoms with E-state index in [1.54, 1.807) is 11.0 Å². The Labute approximate surface area is 182 Å². The molecule has 0 radical (unpaired) electrons. The summed E-state index contributed by atoms with van der Waals surface area (Å²) in [6.45, 7) is 2.24. The Bertz CT molecular complexity index is 1140. The zero-order valence-corrected chi connectivity index (χ0v) is 17.5. The fourth-order valence-corrected chi connectivity index (χ4v) is 4.90. The number of pyridine rings is 1. The molecule has 2 aliphatic rings. The second kappa shape index (κ2) is 8.18. The van der Waals surface area contributed by atoms with Gasteiger partial charge in [-0.2, -0.15) is 0 Å². The van der Waals surface area contributed by atoms with Gasteiger partial charge >= 0.3 is 0 Å². The highest BCUT2D eigenvalue weighted by molar-refractivity contribution is 7.99. The number of benzene rings is 2. The molecule has 1 aromatic heterocycles. The Kier molecular flexibility index (Phi) is 5.37. The third-order valence-corrected chi connectivity index (χ3v) is 6.63. The lowest BCUT2D eigenvalue weighted by Gasteiger charge is -2.37. The first-order valence-corrected chi connectivity index (χ1v) is 10.9. The molecule has 5 rings (SSSR count). The van der Waals surface area contributed by atoms with E-state index in [0.717, 1.165) is 23.2 Å². The molecule has 0 unspecified atom stereocenters. The molecule has 0 bridgehead atoms. The number of amides is 1. The maximum atomic E-state index is 14.2. The molecular formula is C23H20F2N2O3S. The van der Waals surface area contributed by atoms with Crippen LogP contribution in [0, 0.1) is 11.6 Å². The van der Waals surface area contributed by atoms with Gasteiger partial charge in [-0.1, -0.05) is 30.0 Å². The third kappa shape index (κ3) is 4.03. The minimum atomic E-state index is -0.661. The van der Waals surface area contributed by atoms with E-state index in [9.17, 15) is 13.6 Å². The summed E-state index contributed by atoms with van der Waals surface area (Å²) in [6, 6.07) is 12.5. The summed E-state index contributed by atoms with van der Waals surface area (Å²) in [6.07, 6.45) is 1.26. The smallest absolute Gasteiger partial charge is 0.254 e. The number of halogens is 2. The highest BCUT2D eigenvalue weighted by Gasteiger charge is 2.41. The van der Waals surface area contributed by atoms with E-state index in [0.29, 0.717) is 55.3 Å². The van der Waals surface area contributed by atoms with Gasteiger partial charge in [0, 0.05) is 42.3 Å². The number of rotatable bonds is 3.